The summed E-state index contributed by atoms with van der Waals surface area (Å²) >= 11 is 0. The van der Waals surface area contributed by atoms with Crippen LogP contribution in [0, 0.1) is 0 Å². The van der Waals surface area contributed by atoms with Crippen LogP contribution in [0.5, 0.6) is 5.06 Å². The highest BCUT2D eigenvalue weighted by molar-refractivity contribution is 7.26. The molecule has 5 heteroatoms. The quantitative estimate of drug-likeness (QED) is 0.629. The van der Waals surface area contributed by atoms with Gasteiger partial charge in [-0.1, -0.05) is 30.3 Å². The Hall–Kier alpha value is -2.11. The van der Waals surface area contributed by atoms with Crippen LogP contribution in [0.15, 0.2) is 41.3 Å². The van der Waals surface area contributed by atoms with Crippen molar-refractivity contribution in [2.75, 3.05) is 13.7 Å². The van der Waals surface area contributed by atoms with Crippen LogP contribution in [-0.2, 0) is 9.53 Å². The van der Waals surface area contributed by atoms with Crippen molar-refractivity contribution < 1.29 is 18.8 Å². The summed E-state index contributed by atoms with van der Waals surface area (Å²) in [5.41, 5.74) is 2.88. The first-order valence-corrected chi connectivity index (χ1v) is 7.26. The molecular weight excluding hydrogens is 276 g/mol. The molecule has 1 aromatic carbocycles. The van der Waals surface area contributed by atoms with Crippen LogP contribution in [-0.4, -0.2) is 24.2 Å². The Labute approximate surface area is 119 Å². The van der Waals surface area contributed by atoms with Crippen LogP contribution >= 0.6 is 10.8 Å². The van der Waals surface area contributed by atoms with Gasteiger partial charge in [0.1, 0.15) is 12.0 Å². The monoisotopic (exact) mass is 288 g/mol. The molecule has 2 heterocycles. The largest absolute Gasteiger partial charge is 0.588 e. The molecule has 1 atom stereocenters. The molecule has 1 aliphatic rings. The van der Waals surface area contributed by atoms with E-state index in [-0.39, 0.29) is 6.61 Å². The first kappa shape index (κ1) is 12.9. The fraction of sp³-hybridized carbons (Fsp3) is 0.133. The van der Waals surface area contributed by atoms with E-state index < -0.39 is 16.7 Å². The maximum atomic E-state index is 12.0. The van der Waals surface area contributed by atoms with Crippen molar-refractivity contribution in [1.82, 2.24) is 0 Å². The SMILES string of the molecule is COC(=O)C1=Cc2c(-c3ccccc3)c[s+]([O-])c2OC1. The van der Waals surface area contributed by atoms with Crippen molar-refractivity contribution in [1.29, 1.82) is 0 Å². The minimum Gasteiger partial charge on any atom is -0.588 e. The molecule has 4 nitrogen and oxygen atoms in total. The van der Waals surface area contributed by atoms with Crippen molar-refractivity contribution in [3.63, 3.8) is 0 Å². The Morgan fingerprint density at radius 2 is 2.10 bits per heavy atom. The molecule has 0 aliphatic carbocycles. The second kappa shape index (κ2) is 5.11. The van der Waals surface area contributed by atoms with Gasteiger partial charge in [0.05, 0.1) is 23.8 Å². The third-order valence-corrected chi connectivity index (χ3v) is 4.28. The maximum Gasteiger partial charge on any atom is 0.337 e. The molecule has 0 amide bonds. The van der Waals surface area contributed by atoms with Crippen molar-refractivity contribution >= 4 is 22.8 Å². The molecule has 20 heavy (non-hydrogen) atoms. The number of thiophene rings is 1. The van der Waals surface area contributed by atoms with Gasteiger partial charge in [-0.3, -0.25) is 0 Å². The molecule has 0 N–H and O–H groups in total. The molecule has 2 aromatic rings. The van der Waals surface area contributed by atoms with E-state index in [0.717, 1.165) is 11.1 Å². The number of fused-ring (bicyclic) bond motifs is 1. The summed E-state index contributed by atoms with van der Waals surface area (Å²) in [6, 6.07) is 9.59. The predicted molar refractivity (Wildman–Crippen MR) is 76.0 cm³/mol. The van der Waals surface area contributed by atoms with E-state index in [9.17, 15) is 9.35 Å². The van der Waals surface area contributed by atoms with Gasteiger partial charge in [0.2, 0.25) is 0 Å². The number of ether oxygens (including phenoxy) is 2. The van der Waals surface area contributed by atoms with Crippen molar-refractivity contribution in [2.45, 2.75) is 0 Å². The van der Waals surface area contributed by atoms with E-state index in [0.29, 0.717) is 16.2 Å². The zero-order valence-corrected chi connectivity index (χ0v) is 11.6. The smallest absolute Gasteiger partial charge is 0.337 e. The molecule has 0 fully saturated rings. The van der Waals surface area contributed by atoms with Gasteiger partial charge in [-0.05, 0) is 22.4 Å². The number of hydrogen-bond donors (Lipinski definition) is 0. The molecular formula is C15H12O4S. The Morgan fingerprint density at radius 3 is 2.80 bits per heavy atom. The third kappa shape index (κ3) is 2.11. The second-order valence-corrected chi connectivity index (χ2v) is 5.55. The number of carbonyl (C=O) groups is 1. The molecule has 1 unspecified atom stereocenters. The van der Waals surface area contributed by atoms with Gasteiger partial charge in [0.25, 0.3) is 0 Å². The molecule has 0 saturated heterocycles. The van der Waals surface area contributed by atoms with Gasteiger partial charge < -0.3 is 14.0 Å². The number of rotatable bonds is 2. The summed E-state index contributed by atoms with van der Waals surface area (Å²) in [6.45, 7) is 0.0904. The van der Waals surface area contributed by atoms with E-state index in [2.05, 4.69) is 0 Å². The van der Waals surface area contributed by atoms with Crippen LogP contribution < -0.4 is 4.74 Å². The van der Waals surface area contributed by atoms with E-state index in [1.807, 2.05) is 30.3 Å². The summed E-state index contributed by atoms with van der Waals surface area (Å²) < 4.78 is 22.2. The van der Waals surface area contributed by atoms with E-state index in [4.69, 9.17) is 9.47 Å². The predicted octanol–water partition coefficient (Wildman–Crippen LogP) is 3.03. The Morgan fingerprint density at radius 1 is 1.35 bits per heavy atom. The van der Waals surface area contributed by atoms with Gasteiger partial charge in [0, 0.05) is 0 Å². The van der Waals surface area contributed by atoms with Crippen LogP contribution in [0.1, 0.15) is 5.56 Å². The van der Waals surface area contributed by atoms with Crippen LogP contribution in [0.3, 0.4) is 0 Å². The third-order valence-electron chi connectivity index (χ3n) is 3.13. The minimum atomic E-state index is -1.30. The van der Waals surface area contributed by atoms with E-state index in [1.54, 1.807) is 11.5 Å². The molecule has 102 valence electrons. The standard InChI is InChI=1S/C15H12O4S/c1-18-14(16)11-7-12-13(10-5-3-2-4-6-10)9-20(17)15(12)19-8-11/h2-7,9H,8H2,1H3. The summed E-state index contributed by atoms with van der Waals surface area (Å²) in [5.74, 6) is -0.429. The number of carbonyl (C=O) groups excluding carboxylic acids is 1. The fourth-order valence-electron chi connectivity index (χ4n) is 2.16. The Kier molecular flexibility index (Phi) is 3.30. The zero-order valence-electron chi connectivity index (χ0n) is 10.8. The Bertz CT molecular complexity index is 685. The van der Waals surface area contributed by atoms with E-state index >= 15 is 0 Å². The average molecular weight is 288 g/mol. The van der Waals surface area contributed by atoms with Crippen molar-refractivity contribution in [3.8, 4) is 16.2 Å². The van der Waals surface area contributed by atoms with Crippen LogP contribution in [0.25, 0.3) is 17.2 Å². The number of esters is 1. The highest BCUT2D eigenvalue weighted by atomic mass is 32.2. The first-order valence-electron chi connectivity index (χ1n) is 6.05. The molecule has 3 rings (SSSR count). The fourth-order valence-corrected chi connectivity index (χ4v) is 3.31. The lowest BCUT2D eigenvalue weighted by molar-refractivity contribution is -0.136. The van der Waals surface area contributed by atoms with Crippen LogP contribution in [0.4, 0.5) is 0 Å². The summed E-state index contributed by atoms with van der Waals surface area (Å²) in [5, 5.41) is 2.06. The van der Waals surface area contributed by atoms with Crippen LogP contribution in [0.2, 0.25) is 0 Å². The second-order valence-electron chi connectivity index (χ2n) is 4.35. The normalized spacial score (nSPS) is 14.1. The van der Waals surface area contributed by atoms with Gasteiger partial charge in [-0.15, -0.1) is 0 Å². The summed E-state index contributed by atoms with van der Waals surface area (Å²) in [4.78, 5) is 11.6. The van der Waals surface area contributed by atoms with Gasteiger partial charge in [-0.25, -0.2) is 4.79 Å². The average Bonchev–Trinajstić information content (AvgIpc) is 2.84. The molecule has 1 aliphatic heterocycles. The van der Waals surface area contributed by atoms with Gasteiger partial charge in [0.15, 0.2) is 0 Å². The Balaban J connectivity index is 2.13. The van der Waals surface area contributed by atoms with E-state index in [1.165, 1.54) is 7.11 Å². The number of benzene rings is 1. The highest BCUT2D eigenvalue weighted by Crippen LogP contribution is 2.45. The maximum absolute atomic E-state index is 12.0. The summed E-state index contributed by atoms with van der Waals surface area (Å²) in [6.07, 6.45) is 1.70. The van der Waals surface area contributed by atoms with Gasteiger partial charge in [-0.2, -0.15) is 0 Å². The first-order chi connectivity index (χ1) is 9.70. The number of methoxy groups -OCH3 is 1. The lowest BCUT2D eigenvalue weighted by Gasteiger charge is -2.12. The summed E-state index contributed by atoms with van der Waals surface area (Å²) in [7, 11) is 0.0258. The molecule has 0 bridgehead atoms. The molecule has 0 saturated carbocycles. The minimum absolute atomic E-state index is 0.0904. The lowest BCUT2D eigenvalue weighted by atomic mass is 10.0. The van der Waals surface area contributed by atoms with Crippen molar-refractivity contribution in [2.24, 2.45) is 0 Å². The molecule has 1 aromatic heterocycles. The molecule has 0 spiro atoms. The van der Waals surface area contributed by atoms with Crippen molar-refractivity contribution in [3.05, 3.63) is 46.8 Å². The molecule has 0 radical (unpaired) electrons. The highest BCUT2D eigenvalue weighted by Gasteiger charge is 2.28. The topological polar surface area (TPSA) is 58.6 Å². The number of hydrogen-bond acceptors (Lipinski definition) is 4. The van der Waals surface area contributed by atoms with Gasteiger partial charge >= 0.3 is 11.0 Å². The zero-order chi connectivity index (χ0) is 14.1. The lowest BCUT2D eigenvalue weighted by Crippen LogP contribution is -2.15.